The molecule has 0 saturated carbocycles. The molecule has 0 aliphatic carbocycles. The van der Waals surface area contributed by atoms with Crippen LogP contribution in [0.25, 0.3) is 0 Å². The van der Waals surface area contributed by atoms with Crippen molar-refractivity contribution in [3.8, 4) is 0 Å². The minimum Gasteiger partial charge on any atom is -0.450 e. The summed E-state index contributed by atoms with van der Waals surface area (Å²) in [6.45, 7) is 3.62. The predicted molar refractivity (Wildman–Crippen MR) is 81.7 cm³/mol. The summed E-state index contributed by atoms with van der Waals surface area (Å²) in [6.07, 6.45) is 1.52. The number of hydrogen-bond donors (Lipinski definition) is 1. The van der Waals surface area contributed by atoms with Crippen LogP contribution < -0.4 is 5.32 Å². The summed E-state index contributed by atoms with van der Waals surface area (Å²) in [6, 6.07) is 5.71. The van der Waals surface area contributed by atoms with Gasteiger partial charge >= 0.3 is 6.09 Å². The highest BCUT2D eigenvalue weighted by Gasteiger charge is 2.23. The lowest BCUT2D eigenvalue weighted by Crippen LogP contribution is -2.42. The van der Waals surface area contributed by atoms with Crippen LogP contribution in [-0.4, -0.2) is 36.7 Å². The van der Waals surface area contributed by atoms with Crippen molar-refractivity contribution in [1.82, 2.24) is 4.90 Å². The van der Waals surface area contributed by atoms with E-state index < -0.39 is 0 Å². The van der Waals surface area contributed by atoms with Gasteiger partial charge in [0.05, 0.1) is 17.3 Å². The number of nitrogens with one attached hydrogen (secondary N) is 1. The lowest BCUT2D eigenvalue weighted by Gasteiger charge is -2.32. The lowest BCUT2D eigenvalue weighted by atomic mass is 10.1. The fourth-order valence-electron chi connectivity index (χ4n) is 2.25. The molecule has 1 aliphatic heterocycles. The van der Waals surface area contributed by atoms with Crippen molar-refractivity contribution in [1.29, 1.82) is 0 Å². The van der Waals surface area contributed by atoms with Gasteiger partial charge in [-0.3, -0.25) is 0 Å². The van der Waals surface area contributed by atoms with Crippen LogP contribution in [0.2, 0.25) is 10.0 Å². The van der Waals surface area contributed by atoms with E-state index in [-0.39, 0.29) is 6.09 Å². The molecule has 1 fully saturated rings. The second-order valence-corrected chi connectivity index (χ2v) is 5.57. The van der Waals surface area contributed by atoms with E-state index in [0.717, 1.165) is 18.5 Å². The highest BCUT2D eigenvalue weighted by atomic mass is 35.5. The number of rotatable bonds is 3. The third-order valence-corrected chi connectivity index (χ3v) is 3.86. The average Bonchev–Trinajstić information content (AvgIpc) is 2.43. The number of benzene rings is 1. The molecule has 1 saturated heterocycles. The molecule has 0 unspecified atom stereocenters. The molecule has 1 aromatic rings. The number of likely N-dealkylation sites (tertiary alicyclic amines) is 1. The Morgan fingerprint density at radius 1 is 1.40 bits per heavy atom. The molecule has 0 bridgehead atoms. The zero-order valence-corrected chi connectivity index (χ0v) is 12.9. The number of ether oxygens (including phenoxy) is 1. The molecule has 6 heteroatoms. The molecular weight excluding hydrogens is 299 g/mol. The van der Waals surface area contributed by atoms with Gasteiger partial charge < -0.3 is 15.0 Å². The van der Waals surface area contributed by atoms with E-state index in [1.54, 1.807) is 11.0 Å². The Labute approximate surface area is 129 Å². The SMILES string of the molecule is CCOC(=O)N1CCC(Nc2ccc(Cl)cc2Cl)CC1. The zero-order chi connectivity index (χ0) is 14.5. The van der Waals surface area contributed by atoms with Crippen molar-refractivity contribution >= 4 is 35.0 Å². The largest absolute Gasteiger partial charge is 0.450 e. The lowest BCUT2D eigenvalue weighted by molar-refractivity contribution is 0.0983. The number of piperidine rings is 1. The highest BCUT2D eigenvalue weighted by Crippen LogP contribution is 2.27. The third kappa shape index (κ3) is 3.93. The van der Waals surface area contributed by atoms with Gasteiger partial charge in [-0.1, -0.05) is 23.2 Å². The van der Waals surface area contributed by atoms with Gasteiger partial charge in [-0.2, -0.15) is 0 Å². The van der Waals surface area contributed by atoms with Crippen molar-refractivity contribution in [2.45, 2.75) is 25.8 Å². The van der Waals surface area contributed by atoms with Crippen LogP contribution in [0.1, 0.15) is 19.8 Å². The summed E-state index contributed by atoms with van der Waals surface area (Å²) in [7, 11) is 0. The average molecular weight is 317 g/mol. The minimum absolute atomic E-state index is 0.226. The van der Waals surface area contributed by atoms with Crippen molar-refractivity contribution in [2.24, 2.45) is 0 Å². The van der Waals surface area contributed by atoms with E-state index in [1.165, 1.54) is 0 Å². The fourth-order valence-corrected chi connectivity index (χ4v) is 2.71. The summed E-state index contributed by atoms with van der Waals surface area (Å²) in [5, 5.41) is 4.64. The Morgan fingerprint density at radius 3 is 2.70 bits per heavy atom. The van der Waals surface area contributed by atoms with Crippen molar-refractivity contribution in [3.05, 3.63) is 28.2 Å². The van der Waals surface area contributed by atoms with Crippen LogP contribution in [0.4, 0.5) is 10.5 Å². The summed E-state index contributed by atoms with van der Waals surface area (Å²) in [5.74, 6) is 0. The zero-order valence-electron chi connectivity index (χ0n) is 11.4. The first kappa shape index (κ1) is 15.3. The number of carbonyl (C=O) groups excluding carboxylic acids is 1. The highest BCUT2D eigenvalue weighted by molar-refractivity contribution is 6.36. The molecule has 1 aromatic carbocycles. The Hall–Kier alpha value is -1.13. The molecule has 20 heavy (non-hydrogen) atoms. The van der Waals surface area contributed by atoms with Crippen molar-refractivity contribution < 1.29 is 9.53 Å². The van der Waals surface area contributed by atoms with E-state index in [9.17, 15) is 4.79 Å². The number of halogens is 2. The van der Waals surface area contributed by atoms with Crippen molar-refractivity contribution in [3.63, 3.8) is 0 Å². The molecule has 0 aromatic heterocycles. The normalized spacial score (nSPS) is 16.1. The van der Waals surface area contributed by atoms with Gasteiger partial charge in [-0.25, -0.2) is 4.79 Å². The molecule has 0 spiro atoms. The first-order chi connectivity index (χ1) is 9.60. The number of anilines is 1. The van der Waals surface area contributed by atoms with E-state index in [4.69, 9.17) is 27.9 Å². The van der Waals surface area contributed by atoms with Crippen LogP contribution in [0.3, 0.4) is 0 Å². The number of hydrogen-bond acceptors (Lipinski definition) is 3. The Bertz CT molecular complexity index is 474. The van der Waals surface area contributed by atoms with Crippen LogP contribution in [0.5, 0.6) is 0 Å². The molecule has 1 heterocycles. The Morgan fingerprint density at radius 2 is 2.10 bits per heavy atom. The van der Waals surface area contributed by atoms with Gasteiger partial charge in [-0.05, 0) is 38.0 Å². The fraction of sp³-hybridized carbons (Fsp3) is 0.500. The molecular formula is C14H18Cl2N2O2. The Kier molecular flexibility index (Phi) is 5.38. The van der Waals surface area contributed by atoms with Gasteiger partial charge in [0.15, 0.2) is 0 Å². The van der Waals surface area contributed by atoms with Crippen LogP contribution in [0, 0.1) is 0 Å². The quantitative estimate of drug-likeness (QED) is 0.915. The summed E-state index contributed by atoms with van der Waals surface area (Å²) >= 11 is 12.0. The maximum atomic E-state index is 11.6. The summed E-state index contributed by atoms with van der Waals surface area (Å²) < 4.78 is 5.00. The molecule has 2 rings (SSSR count). The summed E-state index contributed by atoms with van der Waals surface area (Å²) in [4.78, 5) is 13.3. The van der Waals surface area contributed by atoms with E-state index in [2.05, 4.69) is 5.32 Å². The maximum Gasteiger partial charge on any atom is 0.409 e. The van der Waals surface area contributed by atoms with Gasteiger partial charge in [0.2, 0.25) is 0 Å². The van der Waals surface area contributed by atoms with Gasteiger partial charge in [0.1, 0.15) is 0 Å². The Balaban J connectivity index is 1.86. The van der Waals surface area contributed by atoms with Gasteiger partial charge in [-0.15, -0.1) is 0 Å². The maximum absolute atomic E-state index is 11.6. The smallest absolute Gasteiger partial charge is 0.409 e. The number of nitrogens with zero attached hydrogens (tertiary/aromatic N) is 1. The molecule has 110 valence electrons. The second-order valence-electron chi connectivity index (χ2n) is 4.73. The standard InChI is InChI=1S/C14H18Cl2N2O2/c1-2-20-14(19)18-7-5-11(6-8-18)17-13-4-3-10(15)9-12(13)16/h3-4,9,11,17H,2,5-8H2,1H3. The number of amides is 1. The van der Waals surface area contributed by atoms with Crippen molar-refractivity contribution in [2.75, 3.05) is 25.0 Å². The minimum atomic E-state index is -0.226. The predicted octanol–water partition coefficient (Wildman–Crippen LogP) is 4.03. The summed E-state index contributed by atoms with van der Waals surface area (Å²) in [5.41, 5.74) is 0.880. The van der Waals surface area contributed by atoms with E-state index in [0.29, 0.717) is 35.8 Å². The second kappa shape index (κ2) is 7.04. The topological polar surface area (TPSA) is 41.6 Å². The number of carbonyl (C=O) groups is 1. The van der Waals surface area contributed by atoms with Crippen LogP contribution >= 0.6 is 23.2 Å². The monoisotopic (exact) mass is 316 g/mol. The van der Waals surface area contributed by atoms with Gasteiger partial charge in [0, 0.05) is 24.2 Å². The van der Waals surface area contributed by atoms with Gasteiger partial charge in [0.25, 0.3) is 0 Å². The molecule has 1 aliphatic rings. The molecule has 4 nitrogen and oxygen atoms in total. The van der Waals surface area contributed by atoms with Crippen LogP contribution in [-0.2, 0) is 4.74 Å². The van der Waals surface area contributed by atoms with Crippen LogP contribution in [0.15, 0.2) is 18.2 Å². The molecule has 1 N–H and O–H groups in total. The third-order valence-electron chi connectivity index (χ3n) is 3.31. The van der Waals surface area contributed by atoms with E-state index >= 15 is 0 Å². The first-order valence-corrected chi connectivity index (χ1v) is 7.49. The molecule has 0 radical (unpaired) electrons. The molecule has 0 atom stereocenters. The first-order valence-electron chi connectivity index (χ1n) is 6.73. The van der Waals surface area contributed by atoms with E-state index in [1.807, 2.05) is 19.1 Å². The molecule has 1 amide bonds.